The van der Waals surface area contributed by atoms with Crippen LogP contribution in [-0.2, 0) is 4.79 Å². The largest absolute Gasteiger partial charge is 0.337 e. The molecule has 4 heteroatoms. The summed E-state index contributed by atoms with van der Waals surface area (Å²) in [4.78, 5) is 25.7. The molecule has 1 aliphatic rings. The van der Waals surface area contributed by atoms with Gasteiger partial charge in [0, 0.05) is 25.4 Å². The van der Waals surface area contributed by atoms with Gasteiger partial charge >= 0.3 is 0 Å². The molecule has 1 aromatic rings. The van der Waals surface area contributed by atoms with E-state index in [9.17, 15) is 9.59 Å². The van der Waals surface area contributed by atoms with E-state index in [-0.39, 0.29) is 17.6 Å². The van der Waals surface area contributed by atoms with Gasteiger partial charge in [-0.1, -0.05) is 30.7 Å². The Bertz CT molecular complexity index is 473. The number of likely N-dealkylation sites (tertiary alicyclic amines) is 1. The van der Waals surface area contributed by atoms with Crippen LogP contribution in [0.4, 0.5) is 0 Å². The quantitative estimate of drug-likeness (QED) is 0.825. The van der Waals surface area contributed by atoms with Crippen LogP contribution >= 0.6 is 11.6 Å². The van der Waals surface area contributed by atoms with Gasteiger partial charge in [-0.05, 0) is 18.6 Å². The lowest BCUT2D eigenvalue weighted by Crippen LogP contribution is -2.44. The van der Waals surface area contributed by atoms with E-state index < -0.39 is 0 Å². The van der Waals surface area contributed by atoms with Crippen molar-refractivity contribution in [1.29, 1.82) is 0 Å². The van der Waals surface area contributed by atoms with Crippen molar-refractivity contribution in [3.63, 3.8) is 0 Å². The summed E-state index contributed by atoms with van der Waals surface area (Å²) in [6.45, 7) is 2.99. The van der Waals surface area contributed by atoms with E-state index in [2.05, 4.69) is 0 Å². The predicted molar refractivity (Wildman–Crippen MR) is 70.8 cm³/mol. The standard InChI is InChI=1S/C14H16ClNO2/c1-2-10-9-16(8-7-13(10)17)14(18)11-5-3-4-6-12(11)15/h3-6,10H,2,7-9H2,1H3. The molecule has 18 heavy (non-hydrogen) atoms. The van der Waals surface area contributed by atoms with E-state index in [1.807, 2.05) is 6.92 Å². The molecule has 1 amide bonds. The molecule has 1 aromatic carbocycles. The number of Topliss-reactive ketones (excluding diaryl/α,β-unsaturated/α-hetero) is 1. The van der Waals surface area contributed by atoms with Crippen LogP contribution in [0, 0.1) is 5.92 Å². The number of nitrogens with zero attached hydrogens (tertiary/aromatic N) is 1. The first-order valence-electron chi connectivity index (χ1n) is 6.20. The number of ketones is 1. The Morgan fingerprint density at radius 1 is 1.44 bits per heavy atom. The fourth-order valence-electron chi connectivity index (χ4n) is 2.25. The highest BCUT2D eigenvalue weighted by molar-refractivity contribution is 6.33. The zero-order chi connectivity index (χ0) is 13.1. The molecule has 0 aromatic heterocycles. The van der Waals surface area contributed by atoms with E-state index in [0.29, 0.717) is 30.1 Å². The normalized spacial score (nSPS) is 20.0. The average Bonchev–Trinajstić information content (AvgIpc) is 2.39. The molecule has 2 rings (SSSR count). The van der Waals surface area contributed by atoms with E-state index in [4.69, 9.17) is 11.6 Å². The molecular formula is C14H16ClNO2. The average molecular weight is 266 g/mol. The summed E-state index contributed by atoms with van der Waals surface area (Å²) in [6.07, 6.45) is 1.24. The maximum Gasteiger partial charge on any atom is 0.255 e. The van der Waals surface area contributed by atoms with E-state index in [1.54, 1.807) is 29.2 Å². The van der Waals surface area contributed by atoms with Crippen molar-refractivity contribution in [2.45, 2.75) is 19.8 Å². The maximum atomic E-state index is 12.3. The van der Waals surface area contributed by atoms with Crippen LogP contribution in [0.2, 0.25) is 5.02 Å². The molecule has 1 atom stereocenters. The summed E-state index contributed by atoms with van der Waals surface area (Å²) in [5, 5.41) is 0.465. The zero-order valence-corrected chi connectivity index (χ0v) is 11.1. The second-order valence-electron chi connectivity index (χ2n) is 4.55. The number of hydrogen-bond acceptors (Lipinski definition) is 2. The second-order valence-corrected chi connectivity index (χ2v) is 4.96. The van der Waals surface area contributed by atoms with Gasteiger partial charge in [0.05, 0.1) is 10.6 Å². The van der Waals surface area contributed by atoms with Crippen LogP contribution in [0.1, 0.15) is 30.1 Å². The molecule has 0 spiro atoms. The van der Waals surface area contributed by atoms with Gasteiger partial charge in [0.1, 0.15) is 5.78 Å². The first-order valence-corrected chi connectivity index (χ1v) is 6.57. The molecule has 1 heterocycles. The number of hydrogen-bond donors (Lipinski definition) is 0. The summed E-state index contributed by atoms with van der Waals surface area (Å²) < 4.78 is 0. The Balaban J connectivity index is 2.15. The van der Waals surface area contributed by atoms with Gasteiger partial charge < -0.3 is 4.90 Å². The lowest BCUT2D eigenvalue weighted by atomic mass is 9.93. The van der Waals surface area contributed by atoms with Crippen molar-refractivity contribution < 1.29 is 9.59 Å². The molecule has 0 aliphatic carbocycles. The summed E-state index contributed by atoms with van der Waals surface area (Å²) in [5.74, 6) is 0.164. The minimum absolute atomic E-state index is 0.0230. The van der Waals surface area contributed by atoms with Crippen molar-refractivity contribution in [3.8, 4) is 0 Å². The Hall–Kier alpha value is -1.35. The van der Waals surface area contributed by atoms with E-state index in [1.165, 1.54) is 0 Å². The Labute approximate surface area is 112 Å². The molecule has 1 saturated heterocycles. The van der Waals surface area contributed by atoms with Crippen molar-refractivity contribution in [1.82, 2.24) is 4.90 Å². The summed E-state index contributed by atoms with van der Waals surface area (Å²) in [5.41, 5.74) is 0.517. The highest BCUT2D eigenvalue weighted by Gasteiger charge is 2.29. The number of carbonyl (C=O) groups excluding carboxylic acids is 2. The summed E-state index contributed by atoms with van der Waals surface area (Å²) in [7, 11) is 0. The topological polar surface area (TPSA) is 37.4 Å². The third kappa shape index (κ3) is 2.56. The predicted octanol–water partition coefficient (Wildman–Crippen LogP) is 2.78. The Morgan fingerprint density at radius 3 is 2.83 bits per heavy atom. The Morgan fingerprint density at radius 2 is 2.17 bits per heavy atom. The van der Waals surface area contributed by atoms with Crippen LogP contribution in [0.3, 0.4) is 0 Å². The fourth-order valence-corrected chi connectivity index (χ4v) is 2.47. The Kier molecular flexibility index (Phi) is 4.02. The molecule has 3 nitrogen and oxygen atoms in total. The number of amides is 1. The maximum absolute atomic E-state index is 12.3. The van der Waals surface area contributed by atoms with Crippen LogP contribution in [-0.4, -0.2) is 29.7 Å². The molecule has 0 bridgehead atoms. The zero-order valence-electron chi connectivity index (χ0n) is 10.4. The van der Waals surface area contributed by atoms with Crippen molar-refractivity contribution in [2.75, 3.05) is 13.1 Å². The monoisotopic (exact) mass is 265 g/mol. The molecular weight excluding hydrogens is 250 g/mol. The van der Waals surface area contributed by atoms with Gasteiger partial charge in [-0.15, -0.1) is 0 Å². The smallest absolute Gasteiger partial charge is 0.255 e. The van der Waals surface area contributed by atoms with E-state index in [0.717, 1.165) is 6.42 Å². The van der Waals surface area contributed by atoms with Crippen LogP contribution < -0.4 is 0 Å². The van der Waals surface area contributed by atoms with Gasteiger partial charge in [-0.3, -0.25) is 9.59 Å². The highest BCUT2D eigenvalue weighted by atomic mass is 35.5. The molecule has 1 unspecified atom stereocenters. The number of halogens is 1. The number of rotatable bonds is 2. The lowest BCUT2D eigenvalue weighted by molar-refractivity contribution is -0.125. The van der Waals surface area contributed by atoms with Crippen LogP contribution in [0.5, 0.6) is 0 Å². The van der Waals surface area contributed by atoms with Gasteiger partial charge in [0.15, 0.2) is 0 Å². The minimum Gasteiger partial charge on any atom is -0.337 e. The minimum atomic E-state index is -0.0773. The van der Waals surface area contributed by atoms with Crippen molar-refractivity contribution in [2.24, 2.45) is 5.92 Å². The summed E-state index contributed by atoms with van der Waals surface area (Å²) >= 11 is 6.02. The fraction of sp³-hybridized carbons (Fsp3) is 0.429. The van der Waals surface area contributed by atoms with Crippen molar-refractivity contribution >= 4 is 23.3 Å². The second kappa shape index (κ2) is 5.53. The van der Waals surface area contributed by atoms with Crippen molar-refractivity contribution in [3.05, 3.63) is 34.9 Å². The van der Waals surface area contributed by atoms with E-state index >= 15 is 0 Å². The third-order valence-corrected chi connectivity index (χ3v) is 3.74. The number of benzene rings is 1. The molecule has 1 fully saturated rings. The molecule has 0 saturated carbocycles. The van der Waals surface area contributed by atoms with Gasteiger partial charge in [0.25, 0.3) is 5.91 Å². The molecule has 96 valence electrons. The number of carbonyl (C=O) groups is 2. The molecule has 0 radical (unpaired) electrons. The number of piperidine rings is 1. The molecule has 1 aliphatic heterocycles. The van der Waals surface area contributed by atoms with Crippen LogP contribution in [0.15, 0.2) is 24.3 Å². The SMILES string of the molecule is CCC1CN(C(=O)c2ccccc2Cl)CCC1=O. The first kappa shape index (κ1) is 13.1. The van der Waals surface area contributed by atoms with Gasteiger partial charge in [-0.2, -0.15) is 0 Å². The van der Waals surface area contributed by atoms with Crippen LogP contribution in [0.25, 0.3) is 0 Å². The first-order chi connectivity index (χ1) is 8.63. The van der Waals surface area contributed by atoms with Gasteiger partial charge in [0.2, 0.25) is 0 Å². The summed E-state index contributed by atoms with van der Waals surface area (Å²) in [6, 6.07) is 7.03. The third-order valence-electron chi connectivity index (χ3n) is 3.41. The van der Waals surface area contributed by atoms with Gasteiger partial charge in [-0.25, -0.2) is 0 Å². The molecule has 0 N–H and O–H groups in total. The highest BCUT2D eigenvalue weighted by Crippen LogP contribution is 2.21. The lowest BCUT2D eigenvalue weighted by Gasteiger charge is -2.31.